The first-order valence-corrected chi connectivity index (χ1v) is 14.2. The Labute approximate surface area is 245 Å². The second kappa shape index (κ2) is 13.3. The van der Waals surface area contributed by atoms with Crippen molar-refractivity contribution in [1.82, 2.24) is 25.1 Å². The Morgan fingerprint density at radius 2 is 1.71 bits per heavy atom. The molecule has 1 saturated carbocycles. The average molecular weight is 582 g/mol. The Kier molecular flexibility index (Phi) is 9.77. The van der Waals surface area contributed by atoms with Gasteiger partial charge in [-0.3, -0.25) is 14.4 Å². The molecule has 1 saturated heterocycles. The van der Waals surface area contributed by atoms with Gasteiger partial charge in [-0.15, -0.1) is 0 Å². The zero-order valence-electron chi connectivity index (χ0n) is 24.5. The average Bonchev–Trinajstić information content (AvgIpc) is 3.73. The van der Waals surface area contributed by atoms with E-state index in [0.717, 1.165) is 17.7 Å². The van der Waals surface area contributed by atoms with Gasteiger partial charge < -0.3 is 29.7 Å². The summed E-state index contributed by atoms with van der Waals surface area (Å²) >= 11 is 0. The maximum absolute atomic E-state index is 13.6. The van der Waals surface area contributed by atoms with Crippen LogP contribution in [-0.4, -0.2) is 100 Å². The molecular weight excluding hydrogens is 542 g/mol. The van der Waals surface area contributed by atoms with Gasteiger partial charge in [0.2, 0.25) is 5.91 Å². The largest absolute Gasteiger partial charge is 0.465 e. The lowest BCUT2D eigenvalue weighted by Gasteiger charge is -2.35. The minimum Gasteiger partial charge on any atom is -0.465 e. The second-order valence-corrected chi connectivity index (χ2v) is 11.7. The number of carbonyl (C=O) groups is 4. The fourth-order valence-electron chi connectivity index (χ4n) is 4.98. The van der Waals surface area contributed by atoms with E-state index in [9.17, 15) is 24.3 Å². The molecule has 2 aliphatic rings. The van der Waals surface area contributed by atoms with Crippen LogP contribution < -0.4 is 5.32 Å². The number of benzene rings is 1. The minimum absolute atomic E-state index is 0.0145. The predicted octanol–water partition coefficient (Wildman–Crippen LogP) is 2.94. The third-order valence-electron chi connectivity index (χ3n) is 7.22. The van der Waals surface area contributed by atoms with Crippen LogP contribution >= 0.6 is 0 Å². The summed E-state index contributed by atoms with van der Waals surface area (Å²) < 4.78 is 10.7. The molecule has 3 atom stereocenters. The molecule has 1 aliphatic carbocycles. The Hall–Kier alpha value is -4.06. The number of amides is 3. The smallest absolute Gasteiger partial charge is 0.407 e. The number of piperazine rings is 1. The number of esters is 1. The quantitative estimate of drug-likeness (QED) is 0.404. The molecule has 12 nitrogen and oxygen atoms in total. The van der Waals surface area contributed by atoms with Crippen LogP contribution in [0.3, 0.4) is 0 Å². The fourth-order valence-corrected chi connectivity index (χ4v) is 4.98. The van der Waals surface area contributed by atoms with Crippen LogP contribution in [0.1, 0.15) is 62.1 Å². The molecule has 0 radical (unpaired) electrons. The molecule has 1 aromatic heterocycles. The third-order valence-corrected chi connectivity index (χ3v) is 7.22. The highest BCUT2D eigenvalue weighted by Crippen LogP contribution is 2.47. The van der Waals surface area contributed by atoms with Crippen molar-refractivity contribution in [2.24, 2.45) is 5.92 Å². The summed E-state index contributed by atoms with van der Waals surface area (Å²) in [7, 11) is 1.65. The van der Waals surface area contributed by atoms with E-state index < -0.39 is 35.5 Å². The van der Waals surface area contributed by atoms with Crippen LogP contribution in [0.25, 0.3) is 11.4 Å². The first-order valence-electron chi connectivity index (χ1n) is 14.2. The molecule has 2 fully saturated rings. The Morgan fingerprint density at radius 1 is 1.05 bits per heavy atom. The molecular formula is C30H39N5O7. The van der Waals surface area contributed by atoms with Crippen LogP contribution in [0, 0.1) is 5.92 Å². The summed E-state index contributed by atoms with van der Waals surface area (Å²) in [6, 6.07) is 9.96. The maximum atomic E-state index is 13.6. The number of methoxy groups -OCH3 is 1. The van der Waals surface area contributed by atoms with Gasteiger partial charge in [0.1, 0.15) is 17.3 Å². The molecule has 0 bridgehead atoms. The highest BCUT2D eigenvalue weighted by Gasteiger charge is 2.40. The normalized spacial score (nSPS) is 19.1. The molecule has 1 aromatic carbocycles. The molecule has 1 aliphatic heterocycles. The van der Waals surface area contributed by atoms with E-state index >= 15 is 0 Å². The van der Waals surface area contributed by atoms with Gasteiger partial charge in [0.05, 0.1) is 0 Å². The summed E-state index contributed by atoms with van der Waals surface area (Å²) in [6.07, 6.45) is -0.233. The Morgan fingerprint density at radius 3 is 2.33 bits per heavy atom. The van der Waals surface area contributed by atoms with Crippen molar-refractivity contribution in [3.8, 4) is 11.4 Å². The maximum Gasteiger partial charge on any atom is 0.407 e. The van der Waals surface area contributed by atoms with Gasteiger partial charge in [-0.2, -0.15) is 0 Å². The number of rotatable bonds is 10. The molecule has 3 amide bonds. The molecule has 226 valence electrons. The fraction of sp³-hybridized carbons (Fsp3) is 0.533. The first-order chi connectivity index (χ1) is 19.9. The molecule has 0 unspecified atom stereocenters. The van der Waals surface area contributed by atoms with E-state index in [4.69, 9.17) is 14.5 Å². The van der Waals surface area contributed by atoms with Gasteiger partial charge >= 0.3 is 12.1 Å². The number of ether oxygens (including phenoxy) is 2. The van der Waals surface area contributed by atoms with Crippen molar-refractivity contribution < 1.29 is 33.8 Å². The Bertz CT molecular complexity index is 1290. The second-order valence-electron chi connectivity index (χ2n) is 11.7. The van der Waals surface area contributed by atoms with Crippen molar-refractivity contribution >= 4 is 23.9 Å². The summed E-state index contributed by atoms with van der Waals surface area (Å²) in [5.74, 6) is -0.598. The van der Waals surface area contributed by atoms with Crippen molar-refractivity contribution in [3.63, 3.8) is 0 Å². The minimum atomic E-state index is -1.05. The van der Waals surface area contributed by atoms with Gasteiger partial charge in [0.25, 0.3) is 5.91 Å². The zero-order valence-corrected chi connectivity index (χ0v) is 24.5. The van der Waals surface area contributed by atoms with Crippen molar-refractivity contribution in [3.05, 3.63) is 47.8 Å². The van der Waals surface area contributed by atoms with Gasteiger partial charge in [-0.1, -0.05) is 30.3 Å². The number of carboxylic acid groups (broad SMARTS) is 1. The van der Waals surface area contributed by atoms with Gasteiger partial charge in [-0.05, 0) is 45.6 Å². The van der Waals surface area contributed by atoms with Crippen molar-refractivity contribution in [1.29, 1.82) is 0 Å². The summed E-state index contributed by atoms with van der Waals surface area (Å²) in [5, 5.41) is 12.1. The third kappa shape index (κ3) is 8.25. The SMILES string of the molecule is COC[C@H]1C[C@H]1c1cc(C(=O)N[C@@H](CCC(=O)OC(C)(C)C)C(=O)N2CCN(C(=O)O)CC2)nc(-c2ccccc2)n1. The number of carbonyl (C=O) groups excluding carboxylic acids is 3. The molecule has 12 heteroatoms. The van der Waals surface area contributed by atoms with Crippen molar-refractivity contribution in [2.75, 3.05) is 39.9 Å². The van der Waals surface area contributed by atoms with E-state index in [1.54, 1.807) is 33.9 Å². The van der Waals surface area contributed by atoms with E-state index in [-0.39, 0.29) is 50.6 Å². The molecule has 42 heavy (non-hydrogen) atoms. The Balaban J connectivity index is 1.56. The van der Waals surface area contributed by atoms with Crippen LogP contribution in [-0.2, 0) is 19.1 Å². The van der Waals surface area contributed by atoms with E-state index in [1.165, 1.54) is 9.80 Å². The number of nitrogens with one attached hydrogen (secondary N) is 1. The summed E-state index contributed by atoms with van der Waals surface area (Å²) in [4.78, 5) is 63.1. The van der Waals surface area contributed by atoms with Crippen molar-refractivity contribution in [2.45, 2.75) is 57.6 Å². The predicted molar refractivity (Wildman–Crippen MR) is 153 cm³/mol. The van der Waals surface area contributed by atoms with Crippen LogP contribution in [0.4, 0.5) is 4.79 Å². The van der Waals surface area contributed by atoms with E-state index in [1.807, 2.05) is 30.3 Å². The number of hydrogen-bond acceptors (Lipinski definition) is 8. The lowest BCUT2D eigenvalue weighted by atomic mass is 10.1. The standard InChI is InChI=1S/C30H39N5O7/c1-30(2,3)42-25(36)11-10-22(28(38)34-12-14-35(15-13-34)29(39)40)33-27(37)24-17-23(21-16-20(21)18-41-4)31-26(32-24)19-8-6-5-7-9-19/h5-9,17,20-22H,10-16,18H2,1-4H3,(H,33,37)(H,39,40)/t20-,21-,22+/m1/s1. The first kappa shape index (κ1) is 30.9. The van der Waals surface area contributed by atoms with Crippen LogP contribution in [0.5, 0.6) is 0 Å². The van der Waals surface area contributed by atoms with E-state index in [2.05, 4.69) is 10.3 Å². The highest BCUT2D eigenvalue weighted by molar-refractivity contribution is 5.96. The van der Waals surface area contributed by atoms with E-state index in [0.29, 0.717) is 18.3 Å². The van der Waals surface area contributed by atoms with Gasteiger partial charge in [0, 0.05) is 63.5 Å². The highest BCUT2D eigenvalue weighted by atomic mass is 16.6. The lowest BCUT2D eigenvalue weighted by Crippen LogP contribution is -2.55. The molecule has 0 spiro atoms. The molecule has 4 rings (SSSR count). The van der Waals surface area contributed by atoms with Crippen LogP contribution in [0.15, 0.2) is 36.4 Å². The zero-order chi connectivity index (χ0) is 30.4. The topological polar surface area (TPSA) is 151 Å². The van der Waals surface area contributed by atoms with Gasteiger partial charge in [0.15, 0.2) is 5.82 Å². The summed E-state index contributed by atoms with van der Waals surface area (Å²) in [6.45, 7) is 6.54. The monoisotopic (exact) mass is 581 g/mol. The number of aromatic nitrogens is 2. The van der Waals surface area contributed by atoms with Crippen LogP contribution in [0.2, 0.25) is 0 Å². The number of nitrogens with zero attached hydrogens (tertiary/aromatic N) is 4. The van der Waals surface area contributed by atoms with Gasteiger partial charge in [-0.25, -0.2) is 14.8 Å². The summed E-state index contributed by atoms with van der Waals surface area (Å²) in [5.41, 5.74) is 0.915. The molecule has 2 N–H and O–H groups in total. The lowest BCUT2D eigenvalue weighted by molar-refractivity contribution is -0.155. The molecule has 2 aromatic rings. The molecule has 2 heterocycles. The number of hydrogen-bond donors (Lipinski definition) is 2.